The molecule has 0 aromatic carbocycles. The Hall–Kier alpha value is -0.970. The van der Waals surface area contributed by atoms with E-state index in [9.17, 15) is 9.59 Å². The summed E-state index contributed by atoms with van der Waals surface area (Å²) in [4.78, 5) is 25.3. The standard InChI is InChI=1S/C14H25ClN2O3/c1-14(2,3)20-13(19)17-9-5-6-11(10-17)16-12(18)7-4-8-15/h11H,4-10H2,1-3H3,(H,16,18)/t11-/m0/s1. The molecular weight excluding hydrogens is 280 g/mol. The highest BCUT2D eigenvalue weighted by Crippen LogP contribution is 2.15. The summed E-state index contributed by atoms with van der Waals surface area (Å²) in [5, 5.41) is 2.95. The van der Waals surface area contributed by atoms with Gasteiger partial charge in [-0.05, 0) is 40.0 Å². The molecule has 5 nitrogen and oxygen atoms in total. The summed E-state index contributed by atoms with van der Waals surface area (Å²) in [7, 11) is 0. The van der Waals surface area contributed by atoms with Gasteiger partial charge in [-0.2, -0.15) is 0 Å². The van der Waals surface area contributed by atoms with E-state index in [1.165, 1.54) is 0 Å². The first-order chi connectivity index (χ1) is 9.31. The number of piperidine rings is 1. The number of carbonyl (C=O) groups excluding carboxylic acids is 2. The number of ether oxygens (including phenoxy) is 1. The number of nitrogens with one attached hydrogen (secondary N) is 1. The maximum absolute atomic E-state index is 12.0. The second kappa shape index (κ2) is 7.72. The number of carbonyl (C=O) groups is 2. The molecule has 0 unspecified atom stereocenters. The Morgan fingerprint density at radius 1 is 1.40 bits per heavy atom. The van der Waals surface area contributed by atoms with E-state index in [0.717, 1.165) is 12.8 Å². The minimum absolute atomic E-state index is 0.00156. The van der Waals surface area contributed by atoms with Crippen molar-refractivity contribution in [1.29, 1.82) is 0 Å². The van der Waals surface area contributed by atoms with Gasteiger partial charge in [0.2, 0.25) is 5.91 Å². The Labute approximate surface area is 126 Å². The molecule has 6 heteroatoms. The molecule has 20 heavy (non-hydrogen) atoms. The molecule has 1 heterocycles. The Morgan fingerprint density at radius 3 is 2.70 bits per heavy atom. The highest BCUT2D eigenvalue weighted by atomic mass is 35.5. The van der Waals surface area contributed by atoms with Crippen LogP contribution < -0.4 is 5.32 Å². The molecule has 1 aliphatic heterocycles. The Bertz CT molecular complexity index is 342. The summed E-state index contributed by atoms with van der Waals surface area (Å²) in [6, 6.07) is 0.0130. The van der Waals surface area contributed by atoms with E-state index < -0.39 is 5.60 Å². The first-order valence-electron chi connectivity index (χ1n) is 7.15. The lowest BCUT2D eigenvalue weighted by molar-refractivity contribution is -0.122. The lowest BCUT2D eigenvalue weighted by Crippen LogP contribution is -2.50. The average molecular weight is 305 g/mol. The van der Waals surface area contributed by atoms with Gasteiger partial charge in [-0.3, -0.25) is 4.79 Å². The first kappa shape index (κ1) is 17.1. The van der Waals surface area contributed by atoms with Crippen LogP contribution in [-0.4, -0.2) is 47.5 Å². The number of halogens is 1. The minimum atomic E-state index is -0.492. The van der Waals surface area contributed by atoms with Crippen LogP contribution in [0.1, 0.15) is 46.5 Å². The third kappa shape index (κ3) is 6.46. The molecule has 0 aromatic rings. The maximum atomic E-state index is 12.0. The van der Waals surface area contributed by atoms with Crippen LogP contribution in [0.25, 0.3) is 0 Å². The van der Waals surface area contributed by atoms with Gasteiger partial charge < -0.3 is 15.0 Å². The third-order valence-electron chi connectivity index (χ3n) is 2.98. The Balaban J connectivity index is 2.42. The van der Waals surface area contributed by atoms with Gasteiger partial charge in [0.1, 0.15) is 5.60 Å². The van der Waals surface area contributed by atoms with Crippen LogP contribution >= 0.6 is 11.6 Å². The Morgan fingerprint density at radius 2 is 2.10 bits per heavy atom. The van der Waals surface area contributed by atoms with Gasteiger partial charge in [0, 0.05) is 31.4 Å². The van der Waals surface area contributed by atoms with E-state index in [4.69, 9.17) is 16.3 Å². The van der Waals surface area contributed by atoms with Crippen LogP contribution in [0.2, 0.25) is 0 Å². The molecular formula is C14H25ClN2O3. The number of hydrogen-bond acceptors (Lipinski definition) is 3. The highest BCUT2D eigenvalue weighted by Gasteiger charge is 2.28. The highest BCUT2D eigenvalue weighted by molar-refractivity contribution is 6.17. The van der Waals surface area contributed by atoms with Gasteiger partial charge in [-0.25, -0.2) is 4.79 Å². The molecule has 1 rings (SSSR count). The zero-order chi connectivity index (χ0) is 15.2. The molecule has 1 N–H and O–H groups in total. The van der Waals surface area contributed by atoms with Crippen LogP contribution in [0.15, 0.2) is 0 Å². The summed E-state index contributed by atoms with van der Waals surface area (Å²) < 4.78 is 5.35. The van der Waals surface area contributed by atoms with Crippen LogP contribution in [0, 0.1) is 0 Å². The van der Waals surface area contributed by atoms with E-state index in [0.29, 0.717) is 31.8 Å². The van der Waals surface area contributed by atoms with Crippen LogP contribution in [-0.2, 0) is 9.53 Å². The molecule has 0 spiro atoms. The van der Waals surface area contributed by atoms with Crippen molar-refractivity contribution >= 4 is 23.6 Å². The van der Waals surface area contributed by atoms with Crippen molar-refractivity contribution in [1.82, 2.24) is 10.2 Å². The molecule has 1 fully saturated rings. The van der Waals surface area contributed by atoms with E-state index >= 15 is 0 Å². The fourth-order valence-corrected chi connectivity index (χ4v) is 2.25. The molecule has 0 radical (unpaired) electrons. The van der Waals surface area contributed by atoms with Crippen molar-refractivity contribution in [3.63, 3.8) is 0 Å². The predicted molar refractivity (Wildman–Crippen MR) is 78.9 cm³/mol. The van der Waals surface area contributed by atoms with E-state index in [1.807, 2.05) is 20.8 Å². The number of likely N-dealkylation sites (tertiary alicyclic amines) is 1. The summed E-state index contributed by atoms with van der Waals surface area (Å²) in [6.07, 6.45) is 2.57. The molecule has 1 atom stereocenters. The fraction of sp³-hybridized carbons (Fsp3) is 0.857. The monoisotopic (exact) mass is 304 g/mol. The van der Waals surface area contributed by atoms with Gasteiger partial charge in [0.05, 0.1) is 0 Å². The van der Waals surface area contributed by atoms with Crippen molar-refractivity contribution < 1.29 is 14.3 Å². The van der Waals surface area contributed by atoms with E-state index in [1.54, 1.807) is 4.90 Å². The summed E-state index contributed by atoms with van der Waals surface area (Å²) in [6.45, 7) is 6.74. The second-order valence-electron chi connectivity index (χ2n) is 6.13. The zero-order valence-corrected chi connectivity index (χ0v) is 13.3. The van der Waals surface area contributed by atoms with Crippen LogP contribution in [0.4, 0.5) is 4.79 Å². The molecule has 1 saturated heterocycles. The van der Waals surface area contributed by atoms with Crippen molar-refractivity contribution in [2.75, 3.05) is 19.0 Å². The van der Waals surface area contributed by atoms with Gasteiger partial charge in [-0.1, -0.05) is 0 Å². The molecule has 116 valence electrons. The lowest BCUT2D eigenvalue weighted by Gasteiger charge is -2.34. The van der Waals surface area contributed by atoms with Crippen molar-refractivity contribution in [2.24, 2.45) is 0 Å². The number of rotatable bonds is 4. The lowest BCUT2D eigenvalue weighted by atomic mass is 10.1. The zero-order valence-electron chi connectivity index (χ0n) is 12.6. The van der Waals surface area contributed by atoms with Crippen LogP contribution in [0.3, 0.4) is 0 Å². The molecule has 1 aliphatic rings. The third-order valence-corrected chi connectivity index (χ3v) is 3.24. The van der Waals surface area contributed by atoms with Gasteiger partial charge in [-0.15, -0.1) is 11.6 Å². The van der Waals surface area contributed by atoms with Gasteiger partial charge in [0.25, 0.3) is 0 Å². The van der Waals surface area contributed by atoms with Crippen molar-refractivity contribution in [3.05, 3.63) is 0 Å². The summed E-state index contributed by atoms with van der Waals surface area (Å²) >= 11 is 5.57. The summed E-state index contributed by atoms with van der Waals surface area (Å²) in [5.41, 5.74) is -0.492. The quantitative estimate of drug-likeness (QED) is 0.812. The Kier molecular flexibility index (Phi) is 6.59. The maximum Gasteiger partial charge on any atom is 0.410 e. The van der Waals surface area contributed by atoms with Crippen molar-refractivity contribution in [2.45, 2.75) is 58.1 Å². The average Bonchev–Trinajstić information content (AvgIpc) is 2.34. The van der Waals surface area contributed by atoms with Crippen molar-refractivity contribution in [3.8, 4) is 0 Å². The molecule has 0 aliphatic carbocycles. The molecule has 0 aromatic heterocycles. The first-order valence-corrected chi connectivity index (χ1v) is 7.68. The second-order valence-corrected chi connectivity index (χ2v) is 6.50. The van der Waals surface area contributed by atoms with Gasteiger partial charge >= 0.3 is 6.09 Å². The molecule has 0 saturated carbocycles. The van der Waals surface area contributed by atoms with Crippen LogP contribution in [0.5, 0.6) is 0 Å². The fourth-order valence-electron chi connectivity index (χ4n) is 2.11. The van der Waals surface area contributed by atoms with E-state index in [2.05, 4.69) is 5.32 Å². The number of amides is 2. The summed E-state index contributed by atoms with van der Waals surface area (Å²) in [5.74, 6) is 0.490. The predicted octanol–water partition coefficient (Wildman–Crippen LogP) is 2.52. The molecule has 0 bridgehead atoms. The molecule has 2 amide bonds. The smallest absolute Gasteiger partial charge is 0.410 e. The number of nitrogens with zero attached hydrogens (tertiary/aromatic N) is 1. The van der Waals surface area contributed by atoms with E-state index in [-0.39, 0.29) is 18.0 Å². The SMILES string of the molecule is CC(C)(C)OC(=O)N1CCC[C@H](NC(=O)CCCCl)C1. The minimum Gasteiger partial charge on any atom is -0.444 e. The number of alkyl halides is 1. The van der Waals surface area contributed by atoms with Gasteiger partial charge in [0.15, 0.2) is 0 Å². The topological polar surface area (TPSA) is 58.6 Å². The normalized spacial score (nSPS) is 19.6. The number of hydrogen-bond donors (Lipinski definition) is 1. The largest absolute Gasteiger partial charge is 0.444 e.